The molecule has 0 atom stereocenters. The van der Waals surface area contributed by atoms with Crippen molar-refractivity contribution >= 4 is 17.3 Å². The molecular weight excluding hydrogens is 332 g/mol. The number of aromatic nitrogens is 1. The fraction of sp³-hybridized carbons (Fsp3) is 0.474. The molecule has 0 unspecified atom stereocenters. The van der Waals surface area contributed by atoms with Gasteiger partial charge in [-0.25, -0.2) is 4.98 Å². The molecule has 6 heteroatoms. The van der Waals surface area contributed by atoms with Gasteiger partial charge in [-0.15, -0.1) is 11.3 Å². The third-order valence-electron chi connectivity index (χ3n) is 4.33. The molecule has 1 aliphatic rings. The Morgan fingerprint density at radius 1 is 1.24 bits per heavy atom. The average Bonchev–Trinajstić information content (AvgIpc) is 3.28. The number of guanidine groups is 1. The van der Waals surface area contributed by atoms with Crippen molar-refractivity contribution in [2.24, 2.45) is 4.99 Å². The van der Waals surface area contributed by atoms with E-state index < -0.39 is 0 Å². The zero-order chi connectivity index (χ0) is 17.5. The molecule has 0 amide bonds. The summed E-state index contributed by atoms with van der Waals surface area (Å²) in [6.07, 6.45) is 6.88. The summed E-state index contributed by atoms with van der Waals surface area (Å²) >= 11 is 1.80. The smallest absolute Gasteiger partial charge is 0.218 e. The van der Waals surface area contributed by atoms with E-state index in [2.05, 4.69) is 45.7 Å². The van der Waals surface area contributed by atoms with Gasteiger partial charge in [0.25, 0.3) is 0 Å². The maximum Gasteiger partial charge on any atom is 0.218 e. The molecule has 0 spiro atoms. The molecule has 1 fully saturated rings. The van der Waals surface area contributed by atoms with E-state index >= 15 is 0 Å². The minimum absolute atomic E-state index is 0.313. The van der Waals surface area contributed by atoms with Crippen molar-refractivity contribution in [1.29, 1.82) is 0 Å². The maximum absolute atomic E-state index is 6.09. The molecule has 0 saturated heterocycles. The monoisotopic (exact) mass is 358 g/mol. The van der Waals surface area contributed by atoms with Crippen LogP contribution in [0.3, 0.4) is 0 Å². The number of ether oxygens (including phenoxy) is 1. The minimum atomic E-state index is 0.313. The highest BCUT2D eigenvalue weighted by atomic mass is 32.1. The summed E-state index contributed by atoms with van der Waals surface area (Å²) in [5.74, 6) is 1.52. The van der Waals surface area contributed by atoms with E-state index in [-0.39, 0.29) is 0 Å². The summed E-state index contributed by atoms with van der Waals surface area (Å²) in [6.45, 7) is 3.53. The third-order valence-corrected chi connectivity index (χ3v) is 5.33. The quantitative estimate of drug-likeness (QED) is 0.611. The molecule has 1 aliphatic carbocycles. The second kappa shape index (κ2) is 8.85. The zero-order valence-corrected chi connectivity index (χ0v) is 15.7. The summed E-state index contributed by atoms with van der Waals surface area (Å²) in [5, 5.41) is 6.70. The van der Waals surface area contributed by atoms with Crippen LogP contribution < -0.4 is 15.4 Å². The Bertz CT molecular complexity index is 707. The van der Waals surface area contributed by atoms with Gasteiger partial charge >= 0.3 is 0 Å². The number of aliphatic imine (C=N–C) groups is 1. The first-order valence-corrected chi connectivity index (χ1v) is 9.66. The van der Waals surface area contributed by atoms with Crippen molar-refractivity contribution in [3.63, 3.8) is 0 Å². The highest BCUT2D eigenvalue weighted by Crippen LogP contribution is 2.24. The summed E-state index contributed by atoms with van der Waals surface area (Å²) < 4.78 is 6.09. The van der Waals surface area contributed by atoms with Gasteiger partial charge in [-0.2, -0.15) is 0 Å². The second-order valence-corrected chi connectivity index (χ2v) is 7.66. The average molecular weight is 359 g/mol. The summed E-state index contributed by atoms with van der Waals surface area (Å²) in [6, 6.07) is 8.29. The fourth-order valence-electron chi connectivity index (χ4n) is 2.98. The molecule has 5 nitrogen and oxygen atoms in total. The second-order valence-electron chi connectivity index (χ2n) is 6.28. The maximum atomic E-state index is 6.09. The first-order chi connectivity index (χ1) is 12.2. The van der Waals surface area contributed by atoms with Gasteiger partial charge in [0, 0.05) is 35.1 Å². The van der Waals surface area contributed by atoms with Crippen molar-refractivity contribution in [3.8, 4) is 5.88 Å². The predicted octanol–water partition coefficient (Wildman–Crippen LogP) is 3.64. The first-order valence-electron chi connectivity index (χ1n) is 8.85. The van der Waals surface area contributed by atoms with Gasteiger partial charge in [0.05, 0.1) is 6.54 Å². The molecule has 2 aromatic rings. The van der Waals surface area contributed by atoms with Crippen molar-refractivity contribution in [1.82, 2.24) is 15.6 Å². The molecule has 2 N–H and O–H groups in total. The summed E-state index contributed by atoms with van der Waals surface area (Å²) in [5.41, 5.74) is 1.06. The van der Waals surface area contributed by atoms with Crippen LogP contribution in [-0.4, -0.2) is 24.1 Å². The van der Waals surface area contributed by atoms with Crippen LogP contribution in [0.15, 0.2) is 35.5 Å². The van der Waals surface area contributed by atoms with Crippen molar-refractivity contribution in [2.75, 3.05) is 7.05 Å². The standard InChI is InChI=1S/C19H26N4OS/c1-14-9-10-17(25-14)13-23-19(20-2)22-12-15-6-5-11-21-18(15)24-16-7-3-4-8-16/h5-6,9-11,16H,3-4,7-8,12-13H2,1-2H3,(H2,20,22,23). The lowest BCUT2D eigenvalue weighted by atomic mass is 10.2. The summed E-state index contributed by atoms with van der Waals surface area (Å²) in [4.78, 5) is 11.3. The van der Waals surface area contributed by atoms with Gasteiger partial charge in [0.15, 0.2) is 5.96 Å². The molecule has 1 saturated carbocycles. The van der Waals surface area contributed by atoms with Gasteiger partial charge in [0.2, 0.25) is 5.88 Å². The van der Waals surface area contributed by atoms with E-state index in [1.165, 1.54) is 22.6 Å². The number of pyridine rings is 1. The zero-order valence-electron chi connectivity index (χ0n) is 14.9. The largest absolute Gasteiger partial charge is 0.474 e. The van der Waals surface area contributed by atoms with E-state index in [9.17, 15) is 0 Å². The highest BCUT2D eigenvalue weighted by molar-refractivity contribution is 7.11. The van der Waals surface area contributed by atoms with Crippen LogP contribution in [0.5, 0.6) is 5.88 Å². The Hall–Kier alpha value is -2.08. The van der Waals surface area contributed by atoms with Crippen LogP contribution >= 0.6 is 11.3 Å². The molecule has 0 aliphatic heterocycles. The molecule has 0 bridgehead atoms. The molecular formula is C19H26N4OS. The Kier molecular flexibility index (Phi) is 6.28. The normalized spacial score (nSPS) is 15.4. The minimum Gasteiger partial charge on any atom is -0.474 e. The van der Waals surface area contributed by atoms with Crippen LogP contribution in [0.2, 0.25) is 0 Å². The van der Waals surface area contributed by atoms with Crippen molar-refractivity contribution in [2.45, 2.75) is 51.8 Å². The van der Waals surface area contributed by atoms with Crippen LogP contribution in [0.1, 0.15) is 41.0 Å². The predicted molar refractivity (Wildman–Crippen MR) is 103 cm³/mol. The van der Waals surface area contributed by atoms with Gasteiger partial charge in [-0.1, -0.05) is 6.07 Å². The number of hydrogen-bond donors (Lipinski definition) is 2. The molecule has 0 aromatic carbocycles. The van der Waals surface area contributed by atoms with E-state index in [1.807, 2.05) is 6.07 Å². The van der Waals surface area contributed by atoms with E-state index in [0.29, 0.717) is 12.6 Å². The van der Waals surface area contributed by atoms with E-state index in [0.717, 1.165) is 36.8 Å². The number of aryl methyl sites for hydroxylation is 1. The van der Waals surface area contributed by atoms with E-state index in [1.54, 1.807) is 24.6 Å². The molecule has 2 heterocycles. The Labute approximate surface area is 153 Å². The topological polar surface area (TPSA) is 58.5 Å². The Balaban J connectivity index is 1.54. The van der Waals surface area contributed by atoms with Crippen molar-refractivity contribution < 1.29 is 4.74 Å². The third kappa shape index (κ3) is 5.19. The van der Waals surface area contributed by atoms with Gasteiger partial charge < -0.3 is 15.4 Å². The number of thiophene rings is 1. The first kappa shape index (κ1) is 17.7. The van der Waals surface area contributed by atoms with Crippen LogP contribution in [0.25, 0.3) is 0 Å². The molecule has 134 valence electrons. The summed E-state index contributed by atoms with van der Waals surface area (Å²) in [7, 11) is 1.79. The molecule has 2 aromatic heterocycles. The van der Waals surface area contributed by atoms with Gasteiger partial charge in [-0.3, -0.25) is 4.99 Å². The van der Waals surface area contributed by atoms with Gasteiger partial charge in [-0.05, 0) is 50.8 Å². The number of nitrogens with one attached hydrogen (secondary N) is 2. The van der Waals surface area contributed by atoms with Crippen LogP contribution in [0.4, 0.5) is 0 Å². The lowest BCUT2D eigenvalue weighted by molar-refractivity contribution is 0.199. The van der Waals surface area contributed by atoms with Crippen LogP contribution in [-0.2, 0) is 13.1 Å². The SMILES string of the molecule is CN=C(NCc1ccc(C)s1)NCc1cccnc1OC1CCCC1. The van der Waals surface area contributed by atoms with Gasteiger partial charge in [0.1, 0.15) is 6.10 Å². The molecule has 0 radical (unpaired) electrons. The Morgan fingerprint density at radius 2 is 2.04 bits per heavy atom. The number of hydrogen-bond acceptors (Lipinski definition) is 4. The fourth-order valence-corrected chi connectivity index (χ4v) is 3.81. The number of rotatable bonds is 6. The lowest BCUT2D eigenvalue weighted by Gasteiger charge is -2.16. The molecule has 3 rings (SSSR count). The molecule has 25 heavy (non-hydrogen) atoms. The van der Waals surface area contributed by atoms with Crippen molar-refractivity contribution in [3.05, 3.63) is 45.8 Å². The number of nitrogens with zero attached hydrogens (tertiary/aromatic N) is 2. The highest BCUT2D eigenvalue weighted by Gasteiger charge is 2.18. The van der Waals surface area contributed by atoms with E-state index in [4.69, 9.17) is 4.74 Å². The Morgan fingerprint density at radius 3 is 2.76 bits per heavy atom. The van der Waals surface area contributed by atoms with Crippen LogP contribution in [0, 0.1) is 6.92 Å². The lowest BCUT2D eigenvalue weighted by Crippen LogP contribution is -2.36.